The molecule has 4 nitrogen and oxygen atoms in total. The van der Waals surface area contributed by atoms with Crippen molar-refractivity contribution in [1.29, 1.82) is 0 Å². The van der Waals surface area contributed by atoms with Crippen LogP contribution in [0.5, 0.6) is 0 Å². The fourth-order valence-electron chi connectivity index (χ4n) is 0.365. The Labute approximate surface area is 45.6 Å². The van der Waals surface area contributed by atoms with Crippen LogP contribution < -0.4 is 5.82 Å². The summed E-state index contributed by atoms with van der Waals surface area (Å²) in [6, 6.07) is 0.104. The molecule has 46 valence electrons. The van der Waals surface area contributed by atoms with E-state index in [-0.39, 0.29) is 6.04 Å². The number of rotatable bonds is 1. The van der Waals surface area contributed by atoms with Crippen LogP contribution in [0, 0.1) is 0 Å². The summed E-state index contributed by atoms with van der Waals surface area (Å²) in [4.78, 5) is 11.1. The molecule has 0 aromatic carbocycles. The summed E-state index contributed by atoms with van der Waals surface area (Å²) in [5.74, 6) is -0.626. The highest BCUT2D eigenvalue weighted by atomic mass is 16.8. The molecule has 1 aromatic rings. The first-order chi connectivity index (χ1) is 3.70. The first kappa shape index (κ1) is 5.21. The molecule has 0 bridgehead atoms. The maximum atomic E-state index is 9.93. The van der Waals surface area contributed by atoms with Crippen LogP contribution in [0.1, 0.15) is 19.9 Å². The lowest BCUT2D eigenvalue weighted by Crippen LogP contribution is -2.17. The Balaban J connectivity index is 2.73. The zero-order valence-corrected chi connectivity index (χ0v) is 4.75. The summed E-state index contributed by atoms with van der Waals surface area (Å²) in [5.41, 5.74) is 0. The maximum Gasteiger partial charge on any atom is 0.563 e. The van der Waals surface area contributed by atoms with Crippen molar-refractivity contribution in [1.82, 2.24) is 4.91 Å². The van der Waals surface area contributed by atoms with Crippen LogP contribution in [-0.4, -0.2) is 4.91 Å². The Hall–Kier alpha value is -0.930. The van der Waals surface area contributed by atoms with E-state index in [9.17, 15) is 4.79 Å². The Morgan fingerprint density at radius 3 is 2.12 bits per heavy atom. The first-order valence-electron chi connectivity index (χ1n) is 2.39. The molecule has 0 N–H and O–H groups in total. The Morgan fingerprint density at radius 1 is 1.50 bits per heavy atom. The van der Waals surface area contributed by atoms with E-state index in [4.69, 9.17) is 0 Å². The molecule has 0 saturated heterocycles. The first-order valence-corrected chi connectivity index (χ1v) is 2.39. The van der Waals surface area contributed by atoms with Gasteiger partial charge < -0.3 is 0 Å². The van der Waals surface area contributed by atoms with Crippen LogP contribution in [0.2, 0.25) is 0 Å². The summed E-state index contributed by atoms with van der Waals surface area (Å²) in [7, 11) is 0. The Bertz CT molecular complexity index is 189. The smallest absolute Gasteiger partial charge is 0.272 e. The van der Waals surface area contributed by atoms with Gasteiger partial charge in [-0.15, -0.1) is 0 Å². The van der Waals surface area contributed by atoms with Crippen molar-refractivity contribution in [2.24, 2.45) is 0 Å². The van der Waals surface area contributed by atoms with Crippen LogP contribution in [0.3, 0.4) is 0 Å². The van der Waals surface area contributed by atoms with Crippen molar-refractivity contribution < 1.29 is 9.05 Å². The average Bonchev–Trinajstić information content (AvgIpc) is 1.57. The minimum Gasteiger partial charge on any atom is -0.272 e. The molecule has 0 aliphatic heterocycles. The highest BCUT2D eigenvalue weighted by molar-refractivity contribution is 4.38. The minimum atomic E-state index is -0.626. The maximum absolute atomic E-state index is 9.93. The van der Waals surface area contributed by atoms with Crippen molar-refractivity contribution in [3.05, 3.63) is 10.6 Å². The lowest BCUT2D eigenvalue weighted by molar-refractivity contribution is -0.1000. The van der Waals surface area contributed by atoms with Gasteiger partial charge in [0.25, 0.3) is 0 Å². The lowest BCUT2D eigenvalue weighted by Gasteiger charge is -2.04. The van der Waals surface area contributed by atoms with Crippen LogP contribution in [0.15, 0.2) is 13.8 Å². The molecule has 1 aromatic heterocycles. The number of aromatic nitrogens is 1. The van der Waals surface area contributed by atoms with Gasteiger partial charge in [0.2, 0.25) is 0 Å². The standard InChI is InChI=1S/C4H7NO3/c1-3(2)5-7-4(6)8-5/h3H,1-2H3. The summed E-state index contributed by atoms with van der Waals surface area (Å²) >= 11 is 0. The van der Waals surface area contributed by atoms with Crippen molar-refractivity contribution in [3.63, 3.8) is 0 Å². The molecule has 0 unspecified atom stereocenters. The second kappa shape index (κ2) is 1.54. The van der Waals surface area contributed by atoms with Crippen LogP contribution >= 0.6 is 0 Å². The molecule has 0 amide bonds. The summed E-state index contributed by atoms with van der Waals surface area (Å²) < 4.78 is 8.75. The molecule has 0 atom stereocenters. The fourth-order valence-corrected chi connectivity index (χ4v) is 0.365. The van der Waals surface area contributed by atoms with Gasteiger partial charge in [-0.05, 0) is 13.8 Å². The Morgan fingerprint density at radius 2 is 2.00 bits per heavy atom. The second-order valence-corrected chi connectivity index (χ2v) is 1.81. The number of hydrogen-bond donors (Lipinski definition) is 0. The third-order valence-corrected chi connectivity index (χ3v) is 0.751. The van der Waals surface area contributed by atoms with Gasteiger partial charge in [-0.1, -0.05) is 4.91 Å². The molecule has 0 aliphatic carbocycles. The van der Waals surface area contributed by atoms with E-state index >= 15 is 0 Å². The fraction of sp³-hybridized carbons (Fsp3) is 0.750. The van der Waals surface area contributed by atoms with E-state index in [1.165, 1.54) is 0 Å². The van der Waals surface area contributed by atoms with E-state index in [0.717, 1.165) is 4.91 Å². The Kier molecular flexibility index (Phi) is 1.00. The van der Waals surface area contributed by atoms with Crippen molar-refractivity contribution >= 4 is 0 Å². The second-order valence-electron chi connectivity index (χ2n) is 1.81. The highest BCUT2D eigenvalue weighted by Gasteiger charge is 2.04. The molecule has 1 heterocycles. The molecule has 1 rings (SSSR count). The van der Waals surface area contributed by atoms with Gasteiger partial charge in [0.05, 0.1) is 6.04 Å². The van der Waals surface area contributed by atoms with Crippen molar-refractivity contribution in [2.45, 2.75) is 19.9 Å². The summed E-state index contributed by atoms with van der Waals surface area (Å²) in [5, 5.41) is 0. The minimum absolute atomic E-state index is 0.104. The van der Waals surface area contributed by atoms with Gasteiger partial charge in [0, 0.05) is 0 Å². The third kappa shape index (κ3) is 0.685. The van der Waals surface area contributed by atoms with Crippen LogP contribution in [0.25, 0.3) is 0 Å². The molecular weight excluding hydrogens is 110 g/mol. The van der Waals surface area contributed by atoms with E-state index in [0.29, 0.717) is 0 Å². The molecule has 0 saturated carbocycles. The number of nitrogens with zero attached hydrogens (tertiary/aromatic N) is 1. The average molecular weight is 117 g/mol. The number of hydrogen-bond acceptors (Lipinski definition) is 3. The predicted octanol–water partition coefficient (Wildman–Crippen LogP) is 0.615. The monoisotopic (exact) mass is 117 g/mol. The largest absolute Gasteiger partial charge is 0.563 e. The van der Waals surface area contributed by atoms with E-state index in [2.05, 4.69) is 9.05 Å². The van der Waals surface area contributed by atoms with Crippen molar-refractivity contribution in [2.75, 3.05) is 0 Å². The lowest BCUT2D eigenvalue weighted by atomic mass is 10.4. The van der Waals surface area contributed by atoms with Gasteiger partial charge in [-0.2, -0.15) is 4.79 Å². The van der Waals surface area contributed by atoms with Gasteiger partial charge in [-0.25, -0.2) is 0 Å². The molecule has 0 radical (unpaired) electrons. The van der Waals surface area contributed by atoms with Gasteiger partial charge in [-0.3, -0.25) is 9.05 Å². The van der Waals surface area contributed by atoms with E-state index in [1.807, 2.05) is 13.8 Å². The molecule has 4 heteroatoms. The quantitative estimate of drug-likeness (QED) is 0.541. The van der Waals surface area contributed by atoms with E-state index in [1.54, 1.807) is 0 Å². The summed E-state index contributed by atoms with van der Waals surface area (Å²) in [6.07, 6.45) is 0. The molecule has 8 heavy (non-hydrogen) atoms. The topological polar surface area (TPSA) is 48.3 Å². The van der Waals surface area contributed by atoms with Crippen LogP contribution in [-0.2, 0) is 0 Å². The zero-order valence-electron chi connectivity index (χ0n) is 4.75. The normalized spacial score (nSPS) is 10.9. The molecule has 0 fully saturated rings. The summed E-state index contributed by atoms with van der Waals surface area (Å²) in [6.45, 7) is 3.71. The van der Waals surface area contributed by atoms with Crippen LogP contribution in [0.4, 0.5) is 0 Å². The molecular formula is C4H7NO3. The zero-order chi connectivity index (χ0) is 6.15. The third-order valence-electron chi connectivity index (χ3n) is 0.751. The molecule has 0 spiro atoms. The molecule has 0 aliphatic rings. The predicted molar refractivity (Wildman–Crippen MR) is 25.6 cm³/mol. The van der Waals surface area contributed by atoms with Crippen molar-refractivity contribution in [3.8, 4) is 0 Å². The highest BCUT2D eigenvalue weighted by Crippen LogP contribution is 1.99. The van der Waals surface area contributed by atoms with Gasteiger partial charge in [0.15, 0.2) is 0 Å². The van der Waals surface area contributed by atoms with Gasteiger partial charge >= 0.3 is 5.82 Å². The van der Waals surface area contributed by atoms with E-state index < -0.39 is 5.82 Å². The van der Waals surface area contributed by atoms with Gasteiger partial charge in [0.1, 0.15) is 0 Å². The SMILES string of the molecule is CC(C)n1oc(=O)o1.